The number of nitrogens with two attached hydrogens (primary N) is 1. The van der Waals surface area contributed by atoms with Gasteiger partial charge in [-0.3, -0.25) is 4.79 Å². The van der Waals surface area contributed by atoms with E-state index in [2.05, 4.69) is 10.8 Å². The van der Waals surface area contributed by atoms with Crippen molar-refractivity contribution in [2.24, 2.45) is 5.73 Å². The number of benzene rings is 1. The standard InChI is InChI=1S/C13H16N2O2/c1-3-9-4-11(7-14)12(8-15)5-10(9)6-13(16)17-2/h4-5H,3,6,8,15H2,1-2H3. The van der Waals surface area contributed by atoms with Gasteiger partial charge in [0.15, 0.2) is 0 Å². The molecule has 0 aliphatic rings. The van der Waals surface area contributed by atoms with E-state index in [9.17, 15) is 4.79 Å². The Bertz CT molecular complexity index is 461. The van der Waals surface area contributed by atoms with Crippen molar-refractivity contribution in [3.8, 4) is 6.07 Å². The zero-order chi connectivity index (χ0) is 12.8. The second-order valence-electron chi connectivity index (χ2n) is 3.70. The van der Waals surface area contributed by atoms with Gasteiger partial charge in [0.25, 0.3) is 0 Å². The van der Waals surface area contributed by atoms with Crippen molar-refractivity contribution >= 4 is 5.97 Å². The third-order valence-electron chi connectivity index (χ3n) is 2.71. The summed E-state index contributed by atoms with van der Waals surface area (Å²) in [6.07, 6.45) is 0.990. The summed E-state index contributed by atoms with van der Waals surface area (Å²) in [4.78, 5) is 11.3. The fraction of sp³-hybridized carbons (Fsp3) is 0.385. The fourth-order valence-corrected chi connectivity index (χ4v) is 1.73. The van der Waals surface area contributed by atoms with E-state index in [4.69, 9.17) is 11.0 Å². The molecule has 0 unspecified atom stereocenters. The van der Waals surface area contributed by atoms with Crippen LogP contribution in [0.1, 0.15) is 29.2 Å². The lowest BCUT2D eigenvalue weighted by Gasteiger charge is -2.10. The summed E-state index contributed by atoms with van der Waals surface area (Å²) in [5.74, 6) is -0.285. The first-order valence-corrected chi connectivity index (χ1v) is 5.47. The highest BCUT2D eigenvalue weighted by Crippen LogP contribution is 2.18. The Kier molecular flexibility index (Phi) is 4.68. The van der Waals surface area contributed by atoms with Crippen LogP contribution in [0.5, 0.6) is 0 Å². The van der Waals surface area contributed by atoms with Crippen LogP contribution in [-0.2, 0) is 28.9 Å². The minimum Gasteiger partial charge on any atom is -0.469 e. The molecule has 90 valence electrons. The summed E-state index contributed by atoms with van der Waals surface area (Å²) < 4.78 is 4.65. The predicted octanol–water partition coefficient (Wildman–Crippen LogP) is 1.29. The van der Waals surface area contributed by atoms with Crippen LogP contribution < -0.4 is 5.73 Å². The van der Waals surface area contributed by atoms with Crippen LogP contribution in [0.2, 0.25) is 0 Å². The number of carbonyl (C=O) groups excluding carboxylic acids is 1. The van der Waals surface area contributed by atoms with E-state index in [1.807, 2.05) is 13.0 Å². The molecule has 2 N–H and O–H groups in total. The van der Waals surface area contributed by atoms with Gasteiger partial charge in [0.05, 0.1) is 25.2 Å². The van der Waals surface area contributed by atoms with E-state index in [-0.39, 0.29) is 12.4 Å². The monoisotopic (exact) mass is 232 g/mol. The fourth-order valence-electron chi connectivity index (χ4n) is 1.73. The average Bonchev–Trinajstić information content (AvgIpc) is 2.37. The molecule has 1 aromatic rings. The maximum absolute atomic E-state index is 11.3. The molecule has 17 heavy (non-hydrogen) atoms. The smallest absolute Gasteiger partial charge is 0.309 e. The first kappa shape index (κ1) is 13.2. The lowest BCUT2D eigenvalue weighted by Crippen LogP contribution is -2.09. The summed E-state index contributed by atoms with van der Waals surface area (Å²) in [5, 5.41) is 8.99. The van der Waals surface area contributed by atoms with Crippen molar-refractivity contribution in [2.75, 3.05) is 7.11 Å². The average molecular weight is 232 g/mol. The molecule has 0 atom stereocenters. The Morgan fingerprint density at radius 1 is 1.41 bits per heavy atom. The van der Waals surface area contributed by atoms with Crippen LogP contribution in [0, 0.1) is 11.3 Å². The SMILES string of the molecule is CCc1cc(C#N)c(CN)cc1CC(=O)OC. The number of methoxy groups -OCH3 is 1. The molecule has 0 spiro atoms. The van der Waals surface area contributed by atoms with Crippen molar-refractivity contribution in [3.05, 3.63) is 34.4 Å². The van der Waals surface area contributed by atoms with E-state index in [0.717, 1.165) is 23.1 Å². The summed E-state index contributed by atoms with van der Waals surface area (Å²) in [5.41, 5.74) is 8.81. The number of hydrogen-bond acceptors (Lipinski definition) is 4. The van der Waals surface area contributed by atoms with Crippen LogP contribution in [0.25, 0.3) is 0 Å². The van der Waals surface area contributed by atoms with Crippen LogP contribution >= 0.6 is 0 Å². The molecule has 0 saturated heterocycles. The Morgan fingerprint density at radius 2 is 2.12 bits per heavy atom. The van der Waals surface area contributed by atoms with Gasteiger partial charge < -0.3 is 10.5 Å². The van der Waals surface area contributed by atoms with E-state index in [1.165, 1.54) is 7.11 Å². The summed E-state index contributed by atoms with van der Waals surface area (Å²) >= 11 is 0. The molecule has 0 amide bonds. The molecule has 0 fully saturated rings. The van der Waals surface area contributed by atoms with Gasteiger partial charge in [0.2, 0.25) is 0 Å². The van der Waals surface area contributed by atoms with Gasteiger partial charge in [-0.1, -0.05) is 13.0 Å². The summed E-state index contributed by atoms with van der Waals surface area (Å²) in [6.45, 7) is 2.28. The van der Waals surface area contributed by atoms with Gasteiger partial charge in [-0.15, -0.1) is 0 Å². The van der Waals surface area contributed by atoms with Gasteiger partial charge in [-0.05, 0) is 29.2 Å². The highest BCUT2D eigenvalue weighted by atomic mass is 16.5. The molecule has 0 aliphatic carbocycles. The highest BCUT2D eigenvalue weighted by Gasteiger charge is 2.11. The highest BCUT2D eigenvalue weighted by molar-refractivity contribution is 5.73. The number of nitriles is 1. The number of hydrogen-bond donors (Lipinski definition) is 1. The van der Waals surface area contributed by atoms with Gasteiger partial charge in [-0.2, -0.15) is 5.26 Å². The van der Waals surface area contributed by atoms with Gasteiger partial charge in [0.1, 0.15) is 0 Å². The minimum absolute atomic E-state index is 0.221. The number of ether oxygens (including phenoxy) is 1. The van der Waals surface area contributed by atoms with E-state index in [1.54, 1.807) is 6.07 Å². The van der Waals surface area contributed by atoms with Crippen molar-refractivity contribution < 1.29 is 9.53 Å². The molecule has 1 rings (SSSR count). The van der Waals surface area contributed by atoms with Crippen molar-refractivity contribution in [3.63, 3.8) is 0 Å². The molecule has 0 radical (unpaired) electrons. The maximum Gasteiger partial charge on any atom is 0.309 e. The molecular formula is C13H16N2O2. The van der Waals surface area contributed by atoms with Crippen molar-refractivity contribution in [1.82, 2.24) is 0 Å². The van der Waals surface area contributed by atoms with Crippen molar-refractivity contribution in [1.29, 1.82) is 5.26 Å². The Labute approximate surface area is 101 Å². The molecule has 4 heteroatoms. The van der Waals surface area contributed by atoms with E-state index in [0.29, 0.717) is 12.1 Å². The van der Waals surface area contributed by atoms with Gasteiger partial charge in [-0.25, -0.2) is 0 Å². The van der Waals surface area contributed by atoms with Crippen molar-refractivity contribution in [2.45, 2.75) is 26.3 Å². The first-order chi connectivity index (χ1) is 8.15. The molecule has 4 nitrogen and oxygen atoms in total. The third-order valence-corrected chi connectivity index (χ3v) is 2.71. The predicted molar refractivity (Wildman–Crippen MR) is 64.1 cm³/mol. The van der Waals surface area contributed by atoms with Crippen LogP contribution in [-0.4, -0.2) is 13.1 Å². The third kappa shape index (κ3) is 3.05. The largest absolute Gasteiger partial charge is 0.469 e. The molecule has 0 aliphatic heterocycles. The summed E-state index contributed by atoms with van der Waals surface area (Å²) in [7, 11) is 1.36. The first-order valence-electron chi connectivity index (χ1n) is 5.47. The van der Waals surface area contributed by atoms with Crippen LogP contribution in [0.4, 0.5) is 0 Å². The summed E-state index contributed by atoms with van der Waals surface area (Å²) in [6, 6.07) is 5.75. The van der Waals surface area contributed by atoms with Gasteiger partial charge >= 0.3 is 5.97 Å². The number of aryl methyl sites for hydroxylation is 1. The normalized spacial score (nSPS) is 9.76. The molecule has 0 heterocycles. The lowest BCUT2D eigenvalue weighted by atomic mass is 9.95. The minimum atomic E-state index is -0.285. The zero-order valence-electron chi connectivity index (χ0n) is 10.1. The number of esters is 1. The lowest BCUT2D eigenvalue weighted by molar-refractivity contribution is -0.139. The van der Waals surface area contributed by atoms with E-state index < -0.39 is 0 Å². The molecule has 0 bridgehead atoms. The second kappa shape index (κ2) is 6.02. The van der Waals surface area contributed by atoms with E-state index >= 15 is 0 Å². The second-order valence-corrected chi connectivity index (χ2v) is 3.70. The number of carbonyl (C=O) groups is 1. The number of rotatable bonds is 4. The topological polar surface area (TPSA) is 76.1 Å². The quantitative estimate of drug-likeness (QED) is 0.794. The van der Waals surface area contributed by atoms with Crippen LogP contribution in [0.15, 0.2) is 12.1 Å². The Balaban J connectivity index is 3.20. The number of nitrogens with zero attached hydrogens (tertiary/aromatic N) is 1. The molecule has 0 saturated carbocycles. The molecular weight excluding hydrogens is 216 g/mol. The van der Waals surface area contributed by atoms with Gasteiger partial charge in [0, 0.05) is 6.54 Å². The van der Waals surface area contributed by atoms with Crippen LogP contribution in [0.3, 0.4) is 0 Å². The molecule has 1 aromatic carbocycles. The Hall–Kier alpha value is -1.86. The Morgan fingerprint density at radius 3 is 2.59 bits per heavy atom. The maximum atomic E-state index is 11.3. The molecule has 0 aromatic heterocycles. The zero-order valence-corrected chi connectivity index (χ0v) is 10.1.